The summed E-state index contributed by atoms with van der Waals surface area (Å²) in [7, 11) is 0. The summed E-state index contributed by atoms with van der Waals surface area (Å²) in [5, 5.41) is 0. The quantitative estimate of drug-likeness (QED) is 0.622. The first-order chi connectivity index (χ1) is 6.08. The number of hydrogen-bond donors (Lipinski definition) is 0. The summed E-state index contributed by atoms with van der Waals surface area (Å²) >= 11 is 0. The number of halogens is 2. The van der Waals surface area contributed by atoms with Crippen molar-refractivity contribution in [3.8, 4) is 0 Å². The molecule has 0 bridgehead atoms. The molecule has 0 saturated heterocycles. The maximum Gasteiger partial charge on any atom is 0.251 e. The lowest BCUT2D eigenvalue weighted by molar-refractivity contribution is -0.116. The van der Waals surface area contributed by atoms with Gasteiger partial charge < -0.3 is 4.79 Å². The molecule has 3 heteroatoms. The van der Waals surface area contributed by atoms with Crippen molar-refractivity contribution < 1.29 is 13.6 Å². The molecule has 0 aromatic heterocycles. The van der Waals surface area contributed by atoms with Crippen LogP contribution in [0, 0.1) is 11.3 Å². The number of hydrogen-bond acceptors (Lipinski definition) is 1. The molecular weight excluding hydrogens is 174 g/mol. The van der Waals surface area contributed by atoms with Crippen molar-refractivity contribution in [2.45, 2.75) is 44.4 Å². The van der Waals surface area contributed by atoms with Gasteiger partial charge in [-0.3, -0.25) is 0 Å². The second kappa shape index (κ2) is 2.76. The van der Waals surface area contributed by atoms with Crippen LogP contribution in [0.1, 0.15) is 38.5 Å². The Bertz CT molecular complexity index is 219. The summed E-state index contributed by atoms with van der Waals surface area (Å²) in [5.74, 6) is -2.96. The van der Waals surface area contributed by atoms with E-state index in [0.29, 0.717) is 6.42 Å². The molecular formula is C10H14F2O. The first kappa shape index (κ1) is 9.10. The van der Waals surface area contributed by atoms with Gasteiger partial charge in [0.05, 0.1) is 0 Å². The van der Waals surface area contributed by atoms with Crippen LogP contribution in [-0.4, -0.2) is 12.2 Å². The first-order valence-corrected chi connectivity index (χ1v) is 4.92. The highest BCUT2D eigenvalue weighted by atomic mass is 19.3. The second-order valence-corrected chi connectivity index (χ2v) is 4.55. The van der Waals surface area contributed by atoms with E-state index in [9.17, 15) is 13.6 Å². The van der Waals surface area contributed by atoms with E-state index in [4.69, 9.17) is 0 Å². The van der Waals surface area contributed by atoms with Gasteiger partial charge in [0.1, 0.15) is 6.29 Å². The minimum Gasteiger partial charge on any atom is -0.303 e. The third kappa shape index (κ3) is 1.61. The molecule has 1 atom stereocenters. The molecule has 13 heavy (non-hydrogen) atoms. The van der Waals surface area contributed by atoms with E-state index in [-0.39, 0.29) is 11.8 Å². The smallest absolute Gasteiger partial charge is 0.251 e. The van der Waals surface area contributed by atoms with Gasteiger partial charge in [-0.1, -0.05) is 12.8 Å². The maximum atomic E-state index is 12.6. The standard InChI is InChI=1S/C10H14F2O/c11-10(12)6-8(10)5-9(7-13)3-1-2-4-9/h7-8H,1-6H2. The lowest BCUT2D eigenvalue weighted by Crippen LogP contribution is -2.20. The van der Waals surface area contributed by atoms with Gasteiger partial charge in [0.25, 0.3) is 5.92 Å². The number of rotatable bonds is 3. The predicted octanol–water partition coefficient (Wildman–Crippen LogP) is 2.79. The fraction of sp³-hybridized carbons (Fsp3) is 0.900. The van der Waals surface area contributed by atoms with E-state index in [1.54, 1.807) is 0 Å². The van der Waals surface area contributed by atoms with Crippen molar-refractivity contribution in [2.75, 3.05) is 0 Å². The molecule has 2 aliphatic carbocycles. The van der Waals surface area contributed by atoms with E-state index in [1.807, 2.05) is 0 Å². The molecule has 2 rings (SSSR count). The minimum absolute atomic E-state index is 0.00257. The van der Waals surface area contributed by atoms with Crippen LogP contribution < -0.4 is 0 Å². The number of carbonyl (C=O) groups excluding carboxylic acids is 1. The third-order valence-electron chi connectivity index (χ3n) is 3.46. The minimum atomic E-state index is -2.46. The molecule has 0 spiro atoms. The Morgan fingerprint density at radius 3 is 2.23 bits per heavy atom. The van der Waals surface area contributed by atoms with Gasteiger partial charge in [0.15, 0.2) is 0 Å². The summed E-state index contributed by atoms with van der Waals surface area (Å²) in [5.41, 5.74) is -0.384. The van der Waals surface area contributed by atoms with E-state index in [2.05, 4.69) is 0 Å². The average molecular weight is 188 g/mol. The molecule has 74 valence electrons. The van der Waals surface area contributed by atoms with E-state index < -0.39 is 11.8 Å². The molecule has 1 unspecified atom stereocenters. The van der Waals surface area contributed by atoms with Crippen LogP contribution in [0.4, 0.5) is 8.78 Å². The molecule has 0 N–H and O–H groups in total. The number of carbonyl (C=O) groups is 1. The zero-order valence-corrected chi connectivity index (χ0v) is 7.56. The number of aldehydes is 1. The van der Waals surface area contributed by atoms with Gasteiger partial charge in [-0.25, -0.2) is 8.78 Å². The van der Waals surface area contributed by atoms with Gasteiger partial charge >= 0.3 is 0 Å². The molecule has 0 aliphatic heterocycles. The van der Waals surface area contributed by atoms with Gasteiger partial charge in [-0.15, -0.1) is 0 Å². The average Bonchev–Trinajstić information content (AvgIpc) is 2.52. The second-order valence-electron chi connectivity index (χ2n) is 4.55. The van der Waals surface area contributed by atoms with Crippen LogP contribution in [0.25, 0.3) is 0 Å². The highest BCUT2D eigenvalue weighted by Gasteiger charge is 2.59. The van der Waals surface area contributed by atoms with E-state index in [0.717, 1.165) is 32.0 Å². The fourth-order valence-corrected chi connectivity index (χ4v) is 2.43. The van der Waals surface area contributed by atoms with Crippen LogP contribution in [0.15, 0.2) is 0 Å². The Labute approximate surface area is 76.5 Å². The van der Waals surface area contributed by atoms with Crippen molar-refractivity contribution in [3.63, 3.8) is 0 Å². The largest absolute Gasteiger partial charge is 0.303 e. The van der Waals surface area contributed by atoms with Crippen molar-refractivity contribution in [1.82, 2.24) is 0 Å². The summed E-state index contributed by atoms with van der Waals surface area (Å²) in [6, 6.07) is 0. The zero-order valence-electron chi connectivity index (χ0n) is 7.56. The lowest BCUT2D eigenvalue weighted by atomic mass is 9.82. The summed E-state index contributed by atoms with van der Waals surface area (Å²) in [6.07, 6.45) is 5.04. The molecule has 0 amide bonds. The van der Waals surface area contributed by atoms with Crippen LogP contribution in [0.5, 0.6) is 0 Å². The molecule has 0 radical (unpaired) electrons. The topological polar surface area (TPSA) is 17.1 Å². The Balaban J connectivity index is 1.95. The zero-order chi connectivity index (χ0) is 9.53. The predicted molar refractivity (Wildman–Crippen MR) is 44.6 cm³/mol. The fourth-order valence-electron chi connectivity index (χ4n) is 2.43. The van der Waals surface area contributed by atoms with E-state index >= 15 is 0 Å². The Hall–Kier alpha value is -0.470. The molecule has 2 aliphatic rings. The summed E-state index contributed by atoms with van der Waals surface area (Å²) in [6.45, 7) is 0. The van der Waals surface area contributed by atoms with Crippen molar-refractivity contribution in [1.29, 1.82) is 0 Å². The van der Waals surface area contributed by atoms with E-state index in [1.165, 1.54) is 0 Å². The first-order valence-electron chi connectivity index (χ1n) is 4.92. The Morgan fingerprint density at radius 2 is 1.85 bits per heavy atom. The normalized spacial score (nSPS) is 34.5. The molecule has 0 aromatic rings. The van der Waals surface area contributed by atoms with Gasteiger partial charge in [-0.05, 0) is 19.3 Å². The SMILES string of the molecule is O=CC1(CC2CC2(F)F)CCCC1. The maximum absolute atomic E-state index is 12.6. The monoisotopic (exact) mass is 188 g/mol. The van der Waals surface area contributed by atoms with Crippen molar-refractivity contribution in [3.05, 3.63) is 0 Å². The van der Waals surface area contributed by atoms with Crippen molar-refractivity contribution in [2.24, 2.45) is 11.3 Å². The number of alkyl halides is 2. The van der Waals surface area contributed by atoms with Crippen LogP contribution in [-0.2, 0) is 4.79 Å². The molecule has 0 aromatic carbocycles. The molecule has 0 heterocycles. The summed E-state index contributed by atoms with van der Waals surface area (Å²) in [4.78, 5) is 10.9. The molecule has 2 saturated carbocycles. The Morgan fingerprint density at radius 1 is 1.31 bits per heavy atom. The highest BCUT2D eigenvalue weighted by Crippen LogP contribution is 2.56. The molecule has 1 nitrogen and oxygen atoms in total. The highest BCUT2D eigenvalue weighted by molar-refractivity contribution is 5.60. The van der Waals surface area contributed by atoms with Crippen molar-refractivity contribution >= 4 is 6.29 Å². The molecule has 2 fully saturated rings. The van der Waals surface area contributed by atoms with Crippen LogP contribution >= 0.6 is 0 Å². The van der Waals surface area contributed by atoms with Crippen LogP contribution in [0.3, 0.4) is 0 Å². The van der Waals surface area contributed by atoms with Crippen LogP contribution in [0.2, 0.25) is 0 Å². The van der Waals surface area contributed by atoms with Gasteiger partial charge in [-0.2, -0.15) is 0 Å². The lowest BCUT2D eigenvalue weighted by Gasteiger charge is -2.20. The summed E-state index contributed by atoms with van der Waals surface area (Å²) < 4.78 is 25.3. The third-order valence-corrected chi connectivity index (χ3v) is 3.46. The van der Waals surface area contributed by atoms with Gasteiger partial charge in [0, 0.05) is 17.8 Å². The Kier molecular flexibility index (Phi) is 1.93. The van der Waals surface area contributed by atoms with Gasteiger partial charge in [0.2, 0.25) is 0 Å².